The second-order valence-electron chi connectivity index (χ2n) is 5.40. The molecule has 0 amide bonds. The van der Waals surface area contributed by atoms with Gasteiger partial charge in [0.15, 0.2) is 0 Å². The number of benzene rings is 1. The molecule has 1 aromatic rings. The van der Waals surface area contributed by atoms with Gasteiger partial charge in [0.25, 0.3) is 0 Å². The predicted octanol–water partition coefficient (Wildman–Crippen LogP) is 3.96. The second kappa shape index (κ2) is 4.02. The van der Waals surface area contributed by atoms with Gasteiger partial charge in [0.2, 0.25) is 0 Å². The van der Waals surface area contributed by atoms with Crippen molar-refractivity contribution in [2.24, 2.45) is 5.41 Å². The summed E-state index contributed by atoms with van der Waals surface area (Å²) in [4.78, 5) is 0. The van der Waals surface area contributed by atoms with Gasteiger partial charge in [-0.1, -0.05) is 32.9 Å². The Bertz CT molecular complexity index is 383. The van der Waals surface area contributed by atoms with E-state index in [2.05, 4.69) is 0 Å². The molecule has 1 unspecified atom stereocenters. The molecule has 0 heterocycles. The van der Waals surface area contributed by atoms with Gasteiger partial charge in [0.1, 0.15) is 0 Å². The number of alkyl halides is 3. The highest BCUT2D eigenvalue weighted by molar-refractivity contribution is 5.29. The third-order valence-electron chi connectivity index (χ3n) is 3.23. The van der Waals surface area contributed by atoms with E-state index in [9.17, 15) is 18.3 Å². The van der Waals surface area contributed by atoms with E-state index in [0.717, 1.165) is 12.1 Å². The number of aliphatic hydroxyl groups is 1. The predicted molar refractivity (Wildman–Crippen MR) is 60.5 cm³/mol. The van der Waals surface area contributed by atoms with Crippen LogP contribution in [0.2, 0.25) is 0 Å². The van der Waals surface area contributed by atoms with Gasteiger partial charge in [0, 0.05) is 0 Å². The lowest BCUT2D eigenvalue weighted by molar-refractivity contribution is -0.137. The lowest BCUT2D eigenvalue weighted by atomic mass is 9.73. The van der Waals surface area contributed by atoms with Crippen LogP contribution >= 0.6 is 0 Å². The third kappa shape index (κ3) is 2.80. The van der Waals surface area contributed by atoms with Crippen LogP contribution in [0.5, 0.6) is 0 Å². The smallest absolute Gasteiger partial charge is 0.385 e. The molecule has 1 N–H and O–H groups in total. The Morgan fingerprint density at radius 1 is 0.824 bits per heavy atom. The zero-order chi connectivity index (χ0) is 13.5. The van der Waals surface area contributed by atoms with E-state index in [1.165, 1.54) is 12.1 Å². The van der Waals surface area contributed by atoms with Crippen molar-refractivity contribution in [3.63, 3.8) is 0 Å². The maximum absolute atomic E-state index is 12.4. The van der Waals surface area contributed by atoms with Gasteiger partial charge >= 0.3 is 6.18 Å². The minimum absolute atomic E-state index is 0.452. The van der Waals surface area contributed by atoms with E-state index in [0.29, 0.717) is 5.56 Å². The van der Waals surface area contributed by atoms with Crippen molar-refractivity contribution in [2.75, 3.05) is 0 Å². The molecule has 96 valence electrons. The standard InChI is InChI=1S/C13H17F3O/c1-11(2,3)12(4,17)9-5-7-10(8-6-9)13(14,15)16/h5-8,17H,1-4H3. The van der Waals surface area contributed by atoms with Gasteiger partial charge < -0.3 is 5.11 Å². The first kappa shape index (κ1) is 14.0. The van der Waals surface area contributed by atoms with Crippen LogP contribution in [0, 0.1) is 5.41 Å². The molecule has 0 saturated heterocycles. The monoisotopic (exact) mass is 246 g/mol. The van der Waals surface area contributed by atoms with Gasteiger partial charge in [-0.2, -0.15) is 13.2 Å². The molecular weight excluding hydrogens is 229 g/mol. The lowest BCUT2D eigenvalue weighted by Gasteiger charge is -2.37. The van der Waals surface area contributed by atoms with Crippen LogP contribution in [0.25, 0.3) is 0 Å². The number of hydrogen-bond donors (Lipinski definition) is 1. The van der Waals surface area contributed by atoms with Gasteiger partial charge in [0.05, 0.1) is 11.2 Å². The first-order valence-corrected chi connectivity index (χ1v) is 5.36. The van der Waals surface area contributed by atoms with Crippen LogP contribution in [0.15, 0.2) is 24.3 Å². The van der Waals surface area contributed by atoms with E-state index >= 15 is 0 Å². The highest BCUT2D eigenvalue weighted by Crippen LogP contribution is 2.39. The van der Waals surface area contributed by atoms with Crippen LogP contribution in [0.3, 0.4) is 0 Å². The minimum atomic E-state index is -4.34. The van der Waals surface area contributed by atoms with Crippen LogP contribution in [-0.4, -0.2) is 5.11 Å². The molecule has 0 radical (unpaired) electrons. The summed E-state index contributed by atoms with van der Waals surface area (Å²) >= 11 is 0. The fourth-order valence-corrected chi connectivity index (χ4v) is 1.42. The summed E-state index contributed by atoms with van der Waals surface area (Å²) in [5.41, 5.74) is -1.84. The summed E-state index contributed by atoms with van der Waals surface area (Å²) < 4.78 is 37.2. The van der Waals surface area contributed by atoms with Crippen molar-refractivity contribution in [1.29, 1.82) is 0 Å². The Balaban J connectivity index is 3.12. The van der Waals surface area contributed by atoms with Gasteiger partial charge in [-0.25, -0.2) is 0 Å². The summed E-state index contributed by atoms with van der Waals surface area (Å²) in [7, 11) is 0. The normalized spacial score (nSPS) is 16.7. The topological polar surface area (TPSA) is 20.2 Å². The molecule has 17 heavy (non-hydrogen) atoms. The van der Waals surface area contributed by atoms with Crippen molar-refractivity contribution in [3.8, 4) is 0 Å². The van der Waals surface area contributed by atoms with E-state index in [-0.39, 0.29) is 0 Å². The summed E-state index contributed by atoms with van der Waals surface area (Å²) in [5.74, 6) is 0. The van der Waals surface area contributed by atoms with Crippen LogP contribution < -0.4 is 0 Å². The third-order valence-corrected chi connectivity index (χ3v) is 3.23. The van der Waals surface area contributed by atoms with Gasteiger partial charge in [-0.15, -0.1) is 0 Å². The molecule has 0 aliphatic rings. The number of rotatable bonds is 1. The number of halogens is 3. The second-order valence-corrected chi connectivity index (χ2v) is 5.40. The molecule has 4 heteroatoms. The Hall–Kier alpha value is -1.03. The van der Waals surface area contributed by atoms with Gasteiger partial charge in [-0.05, 0) is 30.0 Å². The fourth-order valence-electron chi connectivity index (χ4n) is 1.42. The Morgan fingerprint density at radius 2 is 1.18 bits per heavy atom. The lowest BCUT2D eigenvalue weighted by Crippen LogP contribution is -2.36. The van der Waals surface area contributed by atoms with E-state index in [1.54, 1.807) is 6.92 Å². The van der Waals surface area contributed by atoms with Crippen molar-refractivity contribution >= 4 is 0 Å². The summed E-state index contributed by atoms with van der Waals surface area (Å²) in [6.07, 6.45) is -4.34. The van der Waals surface area contributed by atoms with E-state index < -0.39 is 22.8 Å². The molecule has 0 bridgehead atoms. The first-order chi connectivity index (χ1) is 7.46. The molecular formula is C13H17F3O. The molecule has 1 rings (SSSR count). The van der Waals surface area contributed by atoms with Crippen molar-refractivity contribution < 1.29 is 18.3 Å². The Morgan fingerprint density at radius 3 is 1.47 bits per heavy atom. The van der Waals surface area contributed by atoms with Crippen molar-refractivity contribution in [2.45, 2.75) is 39.5 Å². The number of hydrogen-bond acceptors (Lipinski definition) is 1. The molecule has 0 fully saturated rings. The summed E-state index contributed by atoms with van der Waals surface area (Å²) in [6.45, 7) is 7.12. The van der Waals surface area contributed by atoms with Crippen LogP contribution in [0.4, 0.5) is 13.2 Å². The molecule has 0 saturated carbocycles. The molecule has 1 atom stereocenters. The molecule has 0 spiro atoms. The van der Waals surface area contributed by atoms with E-state index in [4.69, 9.17) is 0 Å². The summed E-state index contributed by atoms with van der Waals surface area (Å²) in [5, 5.41) is 10.3. The quantitative estimate of drug-likeness (QED) is 0.795. The Labute approximate surface area is 99.3 Å². The molecule has 0 aliphatic carbocycles. The van der Waals surface area contributed by atoms with E-state index in [1.807, 2.05) is 20.8 Å². The average Bonchev–Trinajstić information content (AvgIpc) is 2.15. The highest BCUT2D eigenvalue weighted by atomic mass is 19.4. The van der Waals surface area contributed by atoms with Crippen LogP contribution in [-0.2, 0) is 11.8 Å². The average molecular weight is 246 g/mol. The fraction of sp³-hybridized carbons (Fsp3) is 0.538. The minimum Gasteiger partial charge on any atom is -0.385 e. The SMILES string of the molecule is CC(C)(C)C(C)(O)c1ccc(C(F)(F)F)cc1. The zero-order valence-electron chi connectivity index (χ0n) is 10.4. The maximum atomic E-state index is 12.4. The first-order valence-electron chi connectivity index (χ1n) is 5.36. The largest absolute Gasteiger partial charge is 0.416 e. The van der Waals surface area contributed by atoms with Crippen molar-refractivity contribution in [3.05, 3.63) is 35.4 Å². The van der Waals surface area contributed by atoms with Crippen LogP contribution in [0.1, 0.15) is 38.8 Å². The zero-order valence-corrected chi connectivity index (χ0v) is 10.4. The molecule has 1 aromatic carbocycles. The highest BCUT2D eigenvalue weighted by Gasteiger charge is 2.37. The summed E-state index contributed by atoms with van der Waals surface area (Å²) in [6, 6.07) is 4.65. The Kier molecular flexibility index (Phi) is 3.32. The van der Waals surface area contributed by atoms with Crippen molar-refractivity contribution in [1.82, 2.24) is 0 Å². The molecule has 0 aliphatic heterocycles. The maximum Gasteiger partial charge on any atom is 0.416 e. The molecule has 1 nitrogen and oxygen atoms in total. The van der Waals surface area contributed by atoms with Gasteiger partial charge in [-0.3, -0.25) is 0 Å². The molecule has 0 aromatic heterocycles.